The highest BCUT2D eigenvalue weighted by Crippen LogP contribution is 2.35. The summed E-state index contributed by atoms with van der Waals surface area (Å²) in [6, 6.07) is 2.10. The molecule has 0 atom stereocenters. The third-order valence-corrected chi connectivity index (χ3v) is 3.94. The molecule has 5 nitrogen and oxygen atoms in total. The van der Waals surface area contributed by atoms with E-state index < -0.39 is 10.7 Å². The van der Waals surface area contributed by atoms with Crippen molar-refractivity contribution >= 4 is 28.8 Å². The minimum Gasteiger partial charge on any atom is -0.366 e. The van der Waals surface area contributed by atoms with E-state index in [9.17, 15) is 19.3 Å². The molecule has 1 aromatic carbocycles. The number of Topliss-reactive ketones (excluding diaryl/α,β-unsaturated/α-hetero) is 1. The second-order valence-electron chi connectivity index (χ2n) is 4.89. The number of rotatable bonds is 3. The lowest BCUT2D eigenvalue weighted by molar-refractivity contribution is -0.384. The van der Waals surface area contributed by atoms with Crippen molar-refractivity contribution < 1.29 is 14.1 Å². The number of carbonyl (C=O) groups excluding carboxylic acids is 1. The topological polar surface area (TPSA) is 63.4 Å². The molecule has 2 rings (SSSR count). The quantitative estimate of drug-likeness (QED) is 0.634. The predicted octanol–water partition coefficient (Wildman–Crippen LogP) is 3.34. The molecule has 1 saturated carbocycles. The van der Waals surface area contributed by atoms with Crippen molar-refractivity contribution in [2.75, 3.05) is 11.9 Å². The number of ketones is 1. The first-order valence-corrected chi connectivity index (χ1v) is 6.66. The lowest BCUT2D eigenvalue weighted by atomic mass is 9.93. The van der Waals surface area contributed by atoms with Gasteiger partial charge >= 0.3 is 0 Å². The van der Waals surface area contributed by atoms with Crippen molar-refractivity contribution in [1.29, 1.82) is 0 Å². The first kappa shape index (κ1) is 14.7. The second-order valence-corrected chi connectivity index (χ2v) is 5.30. The van der Waals surface area contributed by atoms with Gasteiger partial charge in [-0.05, 0) is 12.8 Å². The fraction of sp³-hybridized carbons (Fsp3) is 0.462. The SMILES string of the molecule is CN(c1cc(F)c(Cl)cc1[N+](=O)[O-])C1CCC(=O)CC1. The first-order chi connectivity index (χ1) is 9.40. The Morgan fingerprint density at radius 1 is 1.40 bits per heavy atom. The van der Waals surface area contributed by atoms with Gasteiger partial charge in [-0.15, -0.1) is 0 Å². The molecular weight excluding hydrogens is 287 g/mol. The van der Waals surface area contributed by atoms with Gasteiger partial charge in [0.25, 0.3) is 5.69 Å². The van der Waals surface area contributed by atoms with E-state index in [4.69, 9.17) is 11.6 Å². The fourth-order valence-corrected chi connectivity index (χ4v) is 2.62. The highest BCUT2D eigenvalue weighted by molar-refractivity contribution is 6.31. The summed E-state index contributed by atoms with van der Waals surface area (Å²) in [5, 5.41) is 10.8. The Hall–Kier alpha value is -1.69. The molecule has 20 heavy (non-hydrogen) atoms. The number of nitrogens with zero attached hydrogens (tertiary/aromatic N) is 2. The average Bonchev–Trinajstić information content (AvgIpc) is 2.41. The van der Waals surface area contributed by atoms with Gasteiger partial charge in [-0.25, -0.2) is 4.39 Å². The average molecular weight is 301 g/mol. The van der Waals surface area contributed by atoms with E-state index in [-0.39, 0.29) is 28.2 Å². The Morgan fingerprint density at radius 3 is 2.55 bits per heavy atom. The standard InChI is InChI=1S/C13H14ClFN2O3/c1-16(8-2-4-9(18)5-3-8)12-7-11(15)10(14)6-13(12)17(19)20/h6-8H,2-5H2,1H3. The van der Waals surface area contributed by atoms with E-state index in [1.807, 2.05) is 0 Å². The summed E-state index contributed by atoms with van der Waals surface area (Å²) in [6.45, 7) is 0. The van der Waals surface area contributed by atoms with E-state index in [1.54, 1.807) is 11.9 Å². The fourth-order valence-electron chi connectivity index (χ4n) is 2.46. The molecule has 0 unspecified atom stereocenters. The molecule has 0 aliphatic heterocycles. The minimum absolute atomic E-state index is 0.00743. The highest BCUT2D eigenvalue weighted by Gasteiger charge is 2.27. The summed E-state index contributed by atoms with van der Waals surface area (Å²) in [6.07, 6.45) is 2.16. The maximum Gasteiger partial charge on any atom is 0.294 e. The normalized spacial score (nSPS) is 16.2. The molecule has 108 valence electrons. The van der Waals surface area contributed by atoms with Gasteiger partial charge in [0, 0.05) is 38.1 Å². The van der Waals surface area contributed by atoms with E-state index in [2.05, 4.69) is 0 Å². The number of hydrogen-bond acceptors (Lipinski definition) is 4. The monoisotopic (exact) mass is 300 g/mol. The van der Waals surface area contributed by atoms with Crippen LogP contribution in [0.2, 0.25) is 5.02 Å². The van der Waals surface area contributed by atoms with E-state index in [0.29, 0.717) is 25.7 Å². The molecule has 1 aliphatic carbocycles. The third kappa shape index (κ3) is 2.90. The van der Waals surface area contributed by atoms with Crippen molar-refractivity contribution in [1.82, 2.24) is 0 Å². The lowest BCUT2D eigenvalue weighted by Gasteiger charge is -2.32. The molecule has 1 aliphatic rings. The largest absolute Gasteiger partial charge is 0.366 e. The zero-order valence-electron chi connectivity index (χ0n) is 10.9. The van der Waals surface area contributed by atoms with Gasteiger partial charge in [0.2, 0.25) is 0 Å². The molecule has 0 N–H and O–H groups in total. The zero-order valence-corrected chi connectivity index (χ0v) is 11.7. The van der Waals surface area contributed by atoms with Gasteiger partial charge in [0.15, 0.2) is 0 Å². The first-order valence-electron chi connectivity index (χ1n) is 6.28. The van der Waals surface area contributed by atoms with Crippen LogP contribution in [-0.2, 0) is 4.79 Å². The van der Waals surface area contributed by atoms with Crippen molar-refractivity contribution in [3.05, 3.63) is 33.1 Å². The van der Waals surface area contributed by atoms with Crippen LogP contribution in [0, 0.1) is 15.9 Å². The molecular formula is C13H14ClFN2O3. The van der Waals surface area contributed by atoms with Crippen LogP contribution in [0.3, 0.4) is 0 Å². The number of carbonyl (C=O) groups is 1. The number of hydrogen-bond donors (Lipinski definition) is 0. The lowest BCUT2D eigenvalue weighted by Crippen LogP contribution is -2.35. The molecule has 1 aromatic rings. The van der Waals surface area contributed by atoms with Crippen molar-refractivity contribution in [2.24, 2.45) is 0 Å². The van der Waals surface area contributed by atoms with Gasteiger partial charge in [-0.3, -0.25) is 14.9 Å². The molecule has 1 fully saturated rings. The van der Waals surface area contributed by atoms with Crippen LogP contribution < -0.4 is 4.90 Å². The zero-order chi connectivity index (χ0) is 14.9. The van der Waals surface area contributed by atoms with Crippen LogP contribution in [0.1, 0.15) is 25.7 Å². The Kier molecular flexibility index (Phi) is 4.23. The molecule has 0 amide bonds. The number of nitro groups is 1. The molecule has 0 heterocycles. The summed E-state index contributed by atoms with van der Waals surface area (Å²) in [5.74, 6) is -0.488. The minimum atomic E-state index is -0.689. The molecule has 0 saturated heterocycles. The molecule has 0 spiro atoms. The van der Waals surface area contributed by atoms with Crippen LogP contribution in [0.4, 0.5) is 15.8 Å². The Balaban J connectivity index is 2.33. The maximum atomic E-state index is 13.6. The number of halogens is 2. The van der Waals surface area contributed by atoms with Crippen molar-refractivity contribution in [3.63, 3.8) is 0 Å². The van der Waals surface area contributed by atoms with Crippen molar-refractivity contribution in [3.8, 4) is 0 Å². The van der Waals surface area contributed by atoms with Crippen LogP contribution in [0.25, 0.3) is 0 Å². The number of nitro benzene ring substituents is 1. The summed E-state index contributed by atoms with van der Waals surface area (Å²) >= 11 is 5.60. The predicted molar refractivity (Wildman–Crippen MR) is 73.7 cm³/mol. The van der Waals surface area contributed by atoms with Crippen LogP contribution >= 0.6 is 11.6 Å². The van der Waals surface area contributed by atoms with Gasteiger partial charge in [-0.2, -0.15) is 0 Å². The number of benzene rings is 1. The highest BCUT2D eigenvalue weighted by atomic mass is 35.5. The third-order valence-electron chi connectivity index (χ3n) is 3.65. The summed E-state index contributed by atoms with van der Waals surface area (Å²) in [4.78, 5) is 23.4. The van der Waals surface area contributed by atoms with Gasteiger partial charge in [0.05, 0.1) is 9.95 Å². The Morgan fingerprint density at radius 2 is 2.00 bits per heavy atom. The van der Waals surface area contributed by atoms with Crippen LogP contribution in [0.15, 0.2) is 12.1 Å². The number of anilines is 1. The Bertz CT molecular complexity index is 555. The summed E-state index contributed by atoms with van der Waals surface area (Å²) < 4.78 is 13.6. The van der Waals surface area contributed by atoms with E-state index >= 15 is 0 Å². The maximum absolute atomic E-state index is 13.6. The molecule has 0 aromatic heterocycles. The smallest absolute Gasteiger partial charge is 0.294 e. The van der Waals surface area contributed by atoms with Crippen LogP contribution in [0.5, 0.6) is 0 Å². The van der Waals surface area contributed by atoms with Crippen molar-refractivity contribution in [2.45, 2.75) is 31.7 Å². The molecule has 7 heteroatoms. The van der Waals surface area contributed by atoms with Gasteiger partial charge in [0.1, 0.15) is 17.3 Å². The second kappa shape index (κ2) is 5.75. The van der Waals surface area contributed by atoms with E-state index in [0.717, 1.165) is 12.1 Å². The Labute approximate surface area is 120 Å². The van der Waals surface area contributed by atoms with E-state index in [1.165, 1.54) is 0 Å². The molecule has 0 bridgehead atoms. The summed E-state index contributed by atoms with van der Waals surface area (Å²) in [7, 11) is 1.68. The van der Waals surface area contributed by atoms with Gasteiger partial charge in [-0.1, -0.05) is 11.6 Å². The van der Waals surface area contributed by atoms with Gasteiger partial charge < -0.3 is 4.90 Å². The van der Waals surface area contributed by atoms with Crippen LogP contribution in [-0.4, -0.2) is 23.8 Å². The summed E-state index contributed by atoms with van der Waals surface area (Å²) in [5.41, 5.74) is -0.0351. The molecule has 0 radical (unpaired) electrons.